The van der Waals surface area contributed by atoms with Gasteiger partial charge in [-0.2, -0.15) is 0 Å². The highest BCUT2D eigenvalue weighted by Crippen LogP contribution is 2.40. The van der Waals surface area contributed by atoms with Crippen molar-refractivity contribution in [1.82, 2.24) is 4.57 Å². The maximum absolute atomic E-state index is 13.8. The number of nitrogens with zero attached hydrogens (tertiary/aromatic N) is 2. The lowest BCUT2D eigenvalue weighted by atomic mass is 9.86. The highest BCUT2D eigenvalue weighted by atomic mass is 32.2. The van der Waals surface area contributed by atoms with Crippen LogP contribution in [0, 0.1) is 6.92 Å². The Hall–Kier alpha value is -3.63. The zero-order chi connectivity index (χ0) is 27.4. The summed E-state index contributed by atoms with van der Waals surface area (Å²) in [4.78, 5) is 25.4. The lowest BCUT2D eigenvalue weighted by Gasteiger charge is -2.36. The van der Waals surface area contributed by atoms with E-state index in [1.54, 1.807) is 60.1 Å². The van der Waals surface area contributed by atoms with Crippen LogP contribution in [0.2, 0.25) is 0 Å². The lowest BCUT2D eigenvalue weighted by Crippen LogP contribution is -2.49. The maximum atomic E-state index is 13.8. The number of nitrogens with one attached hydrogen (secondary N) is 1. The maximum Gasteiger partial charge on any atom is 0.307 e. The molecule has 0 bridgehead atoms. The molecule has 4 aromatic rings. The molecule has 198 valence electrons. The molecule has 0 spiro atoms. The number of amides is 1. The van der Waals surface area contributed by atoms with Crippen LogP contribution in [0.1, 0.15) is 31.9 Å². The highest BCUT2D eigenvalue weighted by molar-refractivity contribution is 7.92. The molecular formula is C28H29N3O5S2. The van der Waals surface area contributed by atoms with Crippen molar-refractivity contribution < 1.29 is 17.9 Å². The number of fused-ring (bicyclic) bond motifs is 2. The van der Waals surface area contributed by atoms with Crippen LogP contribution in [0.25, 0.3) is 10.2 Å². The third-order valence-electron chi connectivity index (χ3n) is 6.66. The number of rotatable bonds is 4. The molecule has 8 nitrogen and oxygen atoms in total. The van der Waals surface area contributed by atoms with Crippen LogP contribution in [0.15, 0.2) is 70.4 Å². The molecule has 1 aromatic heterocycles. The van der Waals surface area contributed by atoms with E-state index in [-0.39, 0.29) is 21.7 Å². The molecule has 1 unspecified atom stereocenters. The van der Waals surface area contributed by atoms with Gasteiger partial charge in [0.1, 0.15) is 5.75 Å². The molecule has 38 heavy (non-hydrogen) atoms. The van der Waals surface area contributed by atoms with E-state index in [4.69, 9.17) is 4.74 Å². The van der Waals surface area contributed by atoms with Gasteiger partial charge in [-0.1, -0.05) is 55.9 Å². The van der Waals surface area contributed by atoms with Gasteiger partial charge in [0.25, 0.3) is 15.9 Å². The molecule has 0 radical (unpaired) electrons. The fourth-order valence-corrected chi connectivity index (χ4v) is 6.74. The number of aryl methyl sites for hydroxylation is 2. The Balaban J connectivity index is 1.51. The van der Waals surface area contributed by atoms with Crippen LogP contribution in [0.3, 0.4) is 0 Å². The van der Waals surface area contributed by atoms with E-state index in [0.29, 0.717) is 17.1 Å². The zero-order valence-corrected chi connectivity index (χ0v) is 23.4. The number of aromatic nitrogens is 1. The van der Waals surface area contributed by atoms with Crippen LogP contribution in [0.4, 0.5) is 11.4 Å². The van der Waals surface area contributed by atoms with Crippen molar-refractivity contribution in [3.05, 3.63) is 81.5 Å². The highest BCUT2D eigenvalue weighted by Gasteiger charge is 2.38. The number of sulfonamides is 1. The minimum atomic E-state index is -3.99. The van der Waals surface area contributed by atoms with E-state index in [0.717, 1.165) is 32.7 Å². The van der Waals surface area contributed by atoms with Gasteiger partial charge in [-0.25, -0.2) is 8.42 Å². The second-order valence-corrected chi connectivity index (χ2v) is 13.3. The van der Waals surface area contributed by atoms with Crippen molar-refractivity contribution in [2.24, 2.45) is 7.05 Å². The molecule has 2 heterocycles. The van der Waals surface area contributed by atoms with Crippen molar-refractivity contribution in [1.29, 1.82) is 0 Å². The van der Waals surface area contributed by atoms with Gasteiger partial charge in [0.2, 0.25) is 0 Å². The minimum Gasteiger partial charge on any atom is -0.476 e. The van der Waals surface area contributed by atoms with E-state index in [1.165, 1.54) is 4.31 Å². The van der Waals surface area contributed by atoms with Gasteiger partial charge in [0.15, 0.2) is 6.10 Å². The SMILES string of the molecule is Cc1ccc(S(=O)(=O)N2CC(C(=O)Nc3ccc4c(c3)sc(=O)n4C)Oc3ccc(C(C)(C)C)cc32)cc1. The number of ether oxygens (including phenoxy) is 1. The van der Waals surface area contributed by atoms with Crippen molar-refractivity contribution >= 4 is 48.9 Å². The molecule has 0 fully saturated rings. The fraction of sp³-hybridized carbons (Fsp3) is 0.286. The summed E-state index contributed by atoms with van der Waals surface area (Å²) < 4.78 is 37.3. The Kier molecular flexibility index (Phi) is 6.35. The average molecular weight is 552 g/mol. The first kappa shape index (κ1) is 26.0. The first-order valence-electron chi connectivity index (χ1n) is 12.2. The molecule has 5 rings (SSSR count). The third-order valence-corrected chi connectivity index (χ3v) is 9.45. The first-order valence-corrected chi connectivity index (χ1v) is 14.4. The topological polar surface area (TPSA) is 97.7 Å². The van der Waals surface area contributed by atoms with Gasteiger partial charge < -0.3 is 14.6 Å². The van der Waals surface area contributed by atoms with Gasteiger partial charge >= 0.3 is 4.87 Å². The lowest BCUT2D eigenvalue weighted by molar-refractivity contribution is -0.122. The van der Waals surface area contributed by atoms with Gasteiger partial charge in [-0.05, 0) is 60.4 Å². The number of hydrogen-bond acceptors (Lipinski definition) is 6. The molecule has 1 aliphatic heterocycles. The summed E-state index contributed by atoms with van der Waals surface area (Å²) in [5, 5.41) is 2.83. The molecule has 1 atom stereocenters. The normalized spacial score (nSPS) is 15.7. The zero-order valence-electron chi connectivity index (χ0n) is 21.8. The van der Waals surface area contributed by atoms with Crippen molar-refractivity contribution in [3.63, 3.8) is 0 Å². The number of benzene rings is 3. The molecule has 0 saturated heterocycles. The number of carbonyl (C=O) groups is 1. The number of carbonyl (C=O) groups excluding carboxylic acids is 1. The average Bonchev–Trinajstić information content (AvgIpc) is 3.15. The monoisotopic (exact) mass is 551 g/mol. The number of hydrogen-bond donors (Lipinski definition) is 1. The molecule has 1 N–H and O–H groups in total. The van der Waals surface area contributed by atoms with E-state index in [1.807, 2.05) is 39.8 Å². The molecule has 0 aliphatic carbocycles. The number of thiazole rings is 1. The third kappa shape index (κ3) is 4.69. The van der Waals surface area contributed by atoms with Gasteiger partial charge in [0.05, 0.1) is 27.3 Å². The van der Waals surface area contributed by atoms with E-state index in [9.17, 15) is 18.0 Å². The molecular weight excluding hydrogens is 522 g/mol. The predicted octanol–water partition coefficient (Wildman–Crippen LogP) is 4.80. The van der Waals surface area contributed by atoms with Gasteiger partial charge in [-0.3, -0.25) is 13.9 Å². The van der Waals surface area contributed by atoms with Crippen LogP contribution in [-0.4, -0.2) is 31.5 Å². The Labute approximate surface area is 225 Å². The van der Waals surface area contributed by atoms with Crippen molar-refractivity contribution in [2.45, 2.75) is 44.1 Å². The smallest absolute Gasteiger partial charge is 0.307 e. The predicted molar refractivity (Wildman–Crippen MR) is 151 cm³/mol. The second kappa shape index (κ2) is 9.28. The summed E-state index contributed by atoms with van der Waals surface area (Å²) in [6.07, 6.45) is -1.09. The van der Waals surface area contributed by atoms with Crippen LogP contribution in [-0.2, 0) is 27.3 Å². The Morgan fingerprint density at radius 1 is 1.05 bits per heavy atom. The van der Waals surface area contributed by atoms with E-state index < -0.39 is 22.0 Å². The summed E-state index contributed by atoms with van der Waals surface area (Å²) >= 11 is 1.09. The quantitative estimate of drug-likeness (QED) is 0.393. The van der Waals surface area contributed by atoms with E-state index >= 15 is 0 Å². The summed E-state index contributed by atoms with van der Waals surface area (Å²) in [6, 6.07) is 17.3. The largest absolute Gasteiger partial charge is 0.476 e. The summed E-state index contributed by atoms with van der Waals surface area (Å²) in [6.45, 7) is 7.85. The second-order valence-electron chi connectivity index (χ2n) is 10.5. The first-order chi connectivity index (χ1) is 17.8. The van der Waals surface area contributed by atoms with Crippen LogP contribution in [0.5, 0.6) is 5.75 Å². The molecule has 1 amide bonds. The summed E-state index contributed by atoms with van der Waals surface area (Å²) in [7, 11) is -2.29. The Bertz CT molecular complexity index is 1710. The molecule has 1 aliphatic rings. The van der Waals surface area contributed by atoms with Crippen LogP contribution < -0.4 is 19.2 Å². The fourth-order valence-electron chi connectivity index (χ4n) is 4.35. The van der Waals surface area contributed by atoms with E-state index in [2.05, 4.69) is 5.32 Å². The van der Waals surface area contributed by atoms with Crippen molar-refractivity contribution in [2.75, 3.05) is 16.2 Å². The summed E-state index contributed by atoms with van der Waals surface area (Å²) in [5.41, 5.74) is 3.34. The standard InChI is InChI=1S/C28H29N3O5S2/c1-17-6-10-20(11-7-17)38(34,35)31-16-24(36-23-13-8-18(14-22(23)31)28(2,3)4)26(32)29-19-9-12-21-25(15-19)37-27(33)30(21)5/h6-15,24H,16H2,1-5H3,(H,29,32). The van der Waals surface area contributed by atoms with Gasteiger partial charge in [0, 0.05) is 12.7 Å². The van der Waals surface area contributed by atoms with Crippen LogP contribution >= 0.6 is 11.3 Å². The number of anilines is 2. The molecule has 10 heteroatoms. The van der Waals surface area contributed by atoms with Crippen molar-refractivity contribution in [3.8, 4) is 5.75 Å². The minimum absolute atomic E-state index is 0.0951. The Morgan fingerprint density at radius 2 is 1.76 bits per heavy atom. The molecule has 0 saturated carbocycles. The van der Waals surface area contributed by atoms with Gasteiger partial charge in [-0.15, -0.1) is 0 Å². The summed E-state index contributed by atoms with van der Waals surface area (Å²) in [5.74, 6) is -0.168. The Morgan fingerprint density at radius 3 is 2.45 bits per heavy atom. The molecule has 3 aromatic carbocycles.